The Morgan fingerprint density at radius 3 is 2.23 bits per heavy atom. The molecule has 1 aromatic carbocycles. The second-order valence-corrected chi connectivity index (χ2v) is 13.0. The molecule has 0 amide bonds. The van der Waals surface area contributed by atoms with E-state index in [-0.39, 0.29) is 18.2 Å². The molecule has 6 nitrogen and oxygen atoms in total. The normalized spacial score (nSPS) is 27.9. The van der Waals surface area contributed by atoms with Gasteiger partial charge in [0.15, 0.2) is 0 Å². The first-order chi connectivity index (χ1) is 14.4. The highest BCUT2D eigenvalue weighted by atomic mass is 32.2. The minimum Gasteiger partial charge on any atom is -0.385 e. The Bertz CT molecular complexity index is 832. The number of rotatable bonds is 6. The highest BCUT2D eigenvalue weighted by molar-refractivity contribution is 7.90. The predicted octanol–water partition coefficient (Wildman–Crippen LogP) is 4.30. The Balaban J connectivity index is 1.49. The zero-order valence-electron chi connectivity index (χ0n) is 20.1. The summed E-state index contributed by atoms with van der Waals surface area (Å²) >= 11 is 0. The van der Waals surface area contributed by atoms with E-state index >= 15 is 0 Å². The van der Waals surface area contributed by atoms with Crippen LogP contribution >= 0.6 is 0 Å². The summed E-state index contributed by atoms with van der Waals surface area (Å²) in [6.07, 6.45) is 4.42. The van der Waals surface area contributed by atoms with E-state index < -0.39 is 14.8 Å². The molecular formula is C24H41N3O3S. The topological polar surface area (TPSA) is 70.7 Å². The average molecular weight is 452 g/mol. The van der Waals surface area contributed by atoms with Crippen LogP contribution in [-0.2, 0) is 14.8 Å². The van der Waals surface area contributed by atoms with Crippen molar-refractivity contribution in [3.63, 3.8) is 0 Å². The van der Waals surface area contributed by atoms with Gasteiger partial charge in [0.2, 0.25) is 10.0 Å². The molecule has 1 aliphatic carbocycles. The van der Waals surface area contributed by atoms with Gasteiger partial charge in [-0.3, -0.25) is 0 Å². The van der Waals surface area contributed by atoms with E-state index in [0.717, 1.165) is 51.0 Å². The SMILES string of the molecule is Cc1cc(NCC2CCC(NS(=O)(=O)C(C)(C)C)CC2)ccc1N1C[C@@H](C)O[C@@H](C)C1. The van der Waals surface area contributed by atoms with Crippen molar-refractivity contribution in [2.45, 2.75) is 90.2 Å². The molecule has 0 spiro atoms. The maximum absolute atomic E-state index is 12.4. The molecule has 31 heavy (non-hydrogen) atoms. The third-order valence-electron chi connectivity index (χ3n) is 6.53. The summed E-state index contributed by atoms with van der Waals surface area (Å²) in [5.41, 5.74) is 3.73. The molecule has 3 rings (SSSR count). The molecule has 2 N–H and O–H groups in total. The summed E-state index contributed by atoms with van der Waals surface area (Å²) in [6, 6.07) is 6.71. The zero-order chi connectivity index (χ0) is 22.8. The fourth-order valence-electron chi connectivity index (χ4n) is 4.64. The number of morpholine rings is 1. The molecule has 1 saturated carbocycles. The first kappa shape index (κ1) is 24.3. The van der Waals surface area contributed by atoms with Crippen molar-refractivity contribution in [3.8, 4) is 0 Å². The van der Waals surface area contributed by atoms with Gasteiger partial charge in [-0.25, -0.2) is 13.1 Å². The lowest BCUT2D eigenvalue weighted by molar-refractivity contribution is -0.00524. The highest BCUT2D eigenvalue weighted by Gasteiger charge is 2.32. The molecule has 7 heteroatoms. The van der Waals surface area contributed by atoms with Gasteiger partial charge in [-0.2, -0.15) is 0 Å². The lowest BCUT2D eigenvalue weighted by atomic mass is 9.86. The molecule has 0 unspecified atom stereocenters. The number of sulfonamides is 1. The zero-order valence-corrected chi connectivity index (χ0v) is 20.9. The van der Waals surface area contributed by atoms with E-state index in [9.17, 15) is 8.42 Å². The molecule has 1 heterocycles. The Kier molecular flexibility index (Phi) is 7.59. The van der Waals surface area contributed by atoms with Gasteiger partial charge in [0.25, 0.3) is 0 Å². The van der Waals surface area contributed by atoms with Crippen molar-refractivity contribution in [1.82, 2.24) is 4.72 Å². The molecule has 2 fully saturated rings. The number of hydrogen-bond donors (Lipinski definition) is 2. The van der Waals surface area contributed by atoms with Crippen LogP contribution in [0.3, 0.4) is 0 Å². The van der Waals surface area contributed by atoms with Crippen LogP contribution in [0, 0.1) is 12.8 Å². The number of aryl methyl sites for hydroxylation is 1. The van der Waals surface area contributed by atoms with E-state index in [4.69, 9.17) is 4.74 Å². The van der Waals surface area contributed by atoms with Crippen molar-refractivity contribution in [2.75, 3.05) is 29.9 Å². The molecular weight excluding hydrogens is 410 g/mol. The lowest BCUT2D eigenvalue weighted by Crippen LogP contribution is -2.46. The molecule has 0 aromatic heterocycles. The van der Waals surface area contributed by atoms with Gasteiger partial charge < -0.3 is 15.0 Å². The number of hydrogen-bond acceptors (Lipinski definition) is 5. The van der Waals surface area contributed by atoms with Crippen molar-refractivity contribution in [3.05, 3.63) is 23.8 Å². The minimum atomic E-state index is -3.27. The second kappa shape index (κ2) is 9.67. The highest BCUT2D eigenvalue weighted by Crippen LogP contribution is 2.29. The third kappa shape index (κ3) is 6.36. The van der Waals surface area contributed by atoms with Crippen molar-refractivity contribution >= 4 is 21.4 Å². The van der Waals surface area contributed by atoms with Gasteiger partial charge in [-0.1, -0.05) is 0 Å². The number of benzene rings is 1. The van der Waals surface area contributed by atoms with Crippen LogP contribution < -0.4 is 14.9 Å². The van der Waals surface area contributed by atoms with E-state index in [2.05, 4.69) is 53.9 Å². The number of nitrogens with one attached hydrogen (secondary N) is 2. The summed E-state index contributed by atoms with van der Waals surface area (Å²) < 4.78 is 32.8. The Hall–Kier alpha value is -1.31. The van der Waals surface area contributed by atoms with Crippen LogP contribution in [0.1, 0.15) is 65.9 Å². The lowest BCUT2D eigenvalue weighted by Gasteiger charge is -2.37. The van der Waals surface area contributed by atoms with Crippen LogP contribution in [0.25, 0.3) is 0 Å². The minimum absolute atomic E-state index is 0.0697. The Morgan fingerprint density at radius 1 is 1.06 bits per heavy atom. The van der Waals surface area contributed by atoms with Crippen molar-refractivity contribution in [2.24, 2.45) is 5.92 Å². The summed E-state index contributed by atoms with van der Waals surface area (Å²) in [7, 11) is -3.27. The van der Waals surface area contributed by atoms with Gasteiger partial charge in [0, 0.05) is 37.1 Å². The largest absolute Gasteiger partial charge is 0.385 e. The van der Waals surface area contributed by atoms with E-state index in [1.54, 1.807) is 20.8 Å². The van der Waals surface area contributed by atoms with Gasteiger partial charge in [0.05, 0.1) is 17.0 Å². The van der Waals surface area contributed by atoms with Crippen LogP contribution in [-0.4, -0.2) is 51.0 Å². The Labute approximate surface area is 189 Å². The molecule has 0 radical (unpaired) electrons. The van der Waals surface area contributed by atoms with E-state index in [0.29, 0.717) is 5.92 Å². The van der Waals surface area contributed by atoms with Crippen LogP contribution in [0.15, 0.2) is 18.2 Å². The molecule has 2 atom stereocenters. The standard InChI is InChI=1S/C24H41N3O3S/c1-17-13-22(11-12-23(17)27-15-18(2)30-19(3)16-27)25-14-20-7-9-21(10-8-20)26-31(28,29)24(4,5)6/h11-13,18-21,25-26H,7-10,14-16H2,1-6H3/t18-,19+,20?,21?. The first-order valence-corrected chi connectivity index (χ1v) is 13.2. The van der Waals surface area contributed by atoms with E-state index in [1.165, 1.54) is 11.3 Å². The fraction of sp³-hybridized carbons (Fsp3) is 0.750. The van der Waals surface area contributed by atoms with Crippen molar-refractivity contribution < 1.29 is 13.2 Å². The van der Waals surface area contributed by atoms with Gasteiger partial charge >= 0.3 is 0 Å². The first-order valence-electron chi connectivity index (χ1n) is 11.7. The summed E-state index contributed by atoms with van der Waals surface area (Å²) in [6.45, 7) is 14.5. The molecule has 176 valence electrons. The van der Waals surface area contributed by atoms with Crippen LogP contribution in [0.4, 0.5) is 11.4 Å². The second-order valence-electron chi connectivity index (χ2n) is 10.5. The monoisotopic (exact) mass is 451 g/mol. The smallest absolute Gasteiger partial charge is 0.216 e. The van der Waals surface area contributed by atoms with Crippen molar-refractivity contribution in [1.29, 1.82) is 0 Å². The average Bonchev–Trinajstić information content (AvgIpc) is 2.65. The quantitative estimate of drug-likeness (QED) is 0.675. The summed E-state index contributed by atoms with van der Waals surface area (Å²) in [5, 5.41) is 3.61. The van der Waals surface area contributed by atoms with Crippen LogP contribution in [0.2, 0.25) is 0 Å². The van der Waals surface area contributed by atoms with Gasteiger partial charge in [-0.05, 0) is 96.9 Å². The van der Waals surface area contributed by atoms with Crippen LogP contribution in [0.5, 0.6) is 0 Å². The third-order valence-corrected chi connectivity index (χ3v) is 8.78. The summed E-state index contributed by atoms with van der Waals surface area (Å²) in [4.78, 5) is 2.43. The molecule has 1 aromatic rings. The maximum atomic E-state index is 12.4. The molecule has 1 aliphatic heterocycles. The Morgan fingerprint density at radius 2 is 1.68 bits per heavy atom. The van der Waals surface area contributed by atoms with Gasteiger partial charge in [0.1, 0.15) is 0 Å². The van der Waals surface area contributed by atoms with Gasteiger partial charge in [-0.15, -0.1) is 0 Å². The van der Waals surface area contributed by atoms with E-state index in [1.807, 2.05) is 0 Å². The number of nitrogens with zero attached hydrogens (tertiary/aromatic N) is 1. The molecule has 1 saturated heterocycles. The number of ether oxygens (including phenoxy) is 1. The maximum Gasteiger partial charge on any atom is 0.216 e. The number of anilines is 2. The fourth-order valence-corrected chi connectivity index (χ4v) is 5.67. The molecule has 0 bridgehead atoms. The molecule has 2 aliphatic rings. The summed E-state index contributed by atoms with van der Waals surface area (Å²) in [5.74, 6) is 0.580. The predicted molar refractivity (Wildman–Crippen MR) is 129 cm³/mol.